The van der Waals surface area contributed by atoms with Crippen LogP contribution < -0.4 is 5.73 Å². The van der Waals surface area contributed by atoms with Crippen molar-refractivity contribution in [2.45, 2.75) is 24.8 Å². The van der Waals surface area contributed by atoms with Crippen molar-refractivity contribution in [1.82, 2.24) is 0 Å². The largest absolute Gasteiger partial charge is 0.481 e. The van der Waals surface area contributed by atoms with Crippen molar-refractivity contribution >= 4 is 22.1 Å². The predicted octanol–water partition coefficient (Wildman–Crippen LogP) is -1.43. The minimum Gasteiger partial charge on any atom is -0.481 e. The maximum Gasteiger partial charge on any atom is 0.329 e. The van der Waals surface area contributed by atoms with Crippen LogP contribution in [0.1, 0.15) is 13.3 Å². The Morgan fingerprint density at radius 2 is 1.93 bits per heavy atom. The number of carboxylic acid groups (broad SMARTS) is 1. The molecule has 0 aromatic rings. The second kappa shape index (κ2) is 5.05. The number of esters is 1. The lowest BCUT2D eigenvalue weighted by atomic mass is 10.3. The summed E-state index contributed by atoms with van der Waals surface area (Å²) in [7, 11) is -4.82. The molecule has 0 saturated carbocycles. The van der Waals surface area contributed by atoms with Gasteiger partial charge in [-0.1, -0.05) is 0 Å². The second-order valence-corrected chi connectivity index (χ2v) is 4.34. The average Bonchev–Trinajstić information content (AvgIpc) is 1.95. The number of carboxylic acids is 1. The van der Waals surface area contributed by atoms with Crippen LogP contribution in [-0.2, 0) is 24.4 Å². The molecule has 0 fully saturated rings. The summed E-state index contributed by atoms with van der Waals surface area (Å²) in [6, 6.07) is 0. The van der Waals surface area contributed by atoms with Crippen LogP contribution in [-0.4, -0.2) is 41.5 Å². The first-order valence-electron chi connectivity index (χ1n) is 3.78. The molecule has 4 N–H and O–H groups in total. The van der Waals surface area contributed by atoms with E-state index in [9.17, 15) is 18.0 Å². The van der Waals surface area contributed by atoms with Gasteiger partial charge in [0.2, 0.25) is 0 Å². The number of nitrogens with two attached hydrogens (primary N) is 1. The van der Waals surface area contributed by atoms with E-state index in [4.69, 9.17) is 15.4 Å². The molecular weight excluding hydrogens is 230 g/mol. The molecule has 0 aromatic heterocycles. The van der Waals surface area contributed by atoms with Gasteiger partial charge in [-0.2, -0.15) is 8.42 Å². The van der Waals surface area contributed by atoms with Gasteiger partial charge in [0.15, 0.2) is 5.25 Å². The molecule has 9 heteroatoms. The van der Waals surface area contributed by atoms with Crippen LogP contribution in [0, 0.1) is 0 Å². The van der Waals surface area contributed by atoms with E-state index in [2.05, 4.69) is 4.74 Å². The first kappa shape index (κ1) is 13.8. The van der Waals surface area contributed by atoms with E-state index in [0.29, 0.717) is 0 Å². The lowest BCUT2D eigenvalue weighted by Gasteiger charge is -2.13. The Kier molecular flexibility index (Phi) is 4.65. The third-order valence-electron chi connectivity index (χ3n) is 1.28. The average molecular weight is 241 g/mol. The molecule has 0 aliphatic carbocycles. The summed E-state index contributed by atoms with van der Waals surface area (Å²) in [4.78, 5) is 21.3. The highest BCUT2D eigenvalue weighted by molar-refractivity contribution is 7.87. The van der Waals surface area contributed by atoms with Crippen LogP contribution in [0.5, 0.6) is 0 Å². The fourth-order valence-electron chi connectivity index (χ4n) is 0.728. The van der Waals surface area contributed by atoms with Gasteiger partial charge in [-0.15, -0.1) is 0 Å². The topological polar surface area (TPSA) is 144 Å². The van der Waals surface area contributed by atoms with E-state index >= 15 is 0 Å². The molecule has 0 amide bonds. The quantitative estimate of drug-likeness (QED) is 0.301. The highest BCUT2D eigenvalue weighted by atomic mass is 32.2. The standard InChI is InChI=1S/C6H11NO7S/c1-3(7)14-6(10)4(2-5(8)9)15(11,12)13/h3-4H,2,7H2,1H3,(H,8,9)(H,11,12,13). The summed E-state index contributed by atoms with van der Waals surface area (Å²) < 4.78 is 34.1. The summed E-state index contributed by atoms with van der Waals surface area (Å²) in [6.07, 6.45) is -2.17. The van der Waals surface area contributed by atoms with Crippen LogP contribution >= 0.6 is 0 Å². The van der Waals surface area contributed by atoms with Gasteiger partial charge in [-0.05, 0) is 6.92 Å². The lowest BCUT2D eigenvalue weighted by Crippen LogP contribution is -2.37. The number of carbonyl (C=O) groups excluding carboxylic acids is 1. The fraction of sp³-hybridized carbons (Fsp3) is 0.667. The highest BCUT2D eigenvalue weighted by Crippen LogP contribution is 2.07. The van der Waals surface area contributed by atoms with Gasteiger partial charge in [0, 0.05) is 0 Å². The molecule has 0 saturated heterocycles. The van der Waals surface area contributed by atoms with E-state index < -0.39 is 40.0 Å². The maximum atomic E-state index is 11.0. The lowest BCUT2D eigenvalue weighted by molar-refractivity contribution is -0.150. The SMILES string of the molecule is CC(N)OC(=O)C(CC(=O)O)S(=O)(=O)O. The van der Waals surface area contributed by atoms with E-state index in [1.807, 2.05) is 0 Å². The van der Waals surface area contributed by atoms with Crippen LogP contribution in [0.3, 0.4) is 0 Å². The molecule has 8 nitrogen and oxygen atoms in total. The third kappa shape index (κ3) is 5.30. The number of rotatable bonds is 5. The molecule has 88 valence electrons. The number of aliphatic carboxylic acids is 1. The van der Waals surface area contributed by atoms with Gasteiger partial charge in [-0.25, -0.2) is 0 Å². The Hall–Kier alpha value is -1.19. The molecule has 15 heavy (non-hydrogen) atoms. The number of hydrogen-bond acceptors (Lipinski definition) is 6. The van der Waals surface area contributed by atoms with Gasteiger partial charge in [-0.3, -0.25) is 19.9 Å². The molecular formula is C6H11NO7S. The number of hydrogen-bond donors (Lipinski definition) is 3. The van der Waals surface area contributed by atoms with Gasteiger partial charge in [0.05, 0.1) is 6.42 Å². The van der Waals surface area contributed by atoms with E-state index in [1.54, 1.807) is 0 Å². The Balaban J connectivity index is 4.80. The Morgan fingerprint density at radius 3 is 2.20 bits per heavy atom. The van der Waals surface area contributed by atoms with E-state index in [1.165, 1.54) is 6.92 Å². The predicted molar refractivity (Wildman–Crippen MR) is 47.3 cm³/mol. The van der Waals surface area contributed by atoms with Crippen LogP contribution in [0.15, 0.2) is 0 Å². The fourth-order valence-corrected chi connectivity index (χ4v) is 1.38. The van der Waals surface area contributed by atoms with Crippen LogP contribution in [0.4, 0.5) is 0 Å². The molecule has 2 atom stereocenters. The van der Waals surface area contributed by atoms with Crippen molar-refractivity contribution < 1.29 is 32.4 Å². The minimum atomic E-state index is -4.82. The zero-order valence-corrected chi connectivity index (χ0v) is 8.60. The molecule has 0 aromatic carbocycles. The molecule has 0 heterocycles. The van der Waals surface area contributed by atoms with E-state index in [0.717, 1.165) is 0 Å². The van der Waals surface area contributed by atoms with Crippen molar-refractivity contribution in [3.8, 4) is 0 Å². The number of carbonyl (C=O) groups is 2. The van der Waals surface area contributed by atoms with Gasteiger partial charge in [0.1, 0.15) is 6.23 Å². The van der Waals surface area contributed by atoms with Crippen molar-refractivity contribution in [2.75, 3.05) is 0 Å². The summed E-state index contributed by atoms with van der Waals surface area (Å²) in [5, 5.41) is 6.16. The monoisotopic (exact) mass is 241 g/mol. The molecule has 0 spiro atoms. The zero-order valence-electron chi connectivity index (χ0n) is 7.78. The third-order valence-corrected chi connectivity index (χ3v) is 2.36. The first-order chi connectivity index (χ1) is 6.64. The Morgan fingerprint density at radius 1 is 1.47 bits per heavy atom. The maximum absolute atomic E-state index is 11.0. The molecule has 2 unspecified atom stereocenters. The summed E-state index contributed by atoms with van der Waals surface area (Å²) >= 11 is 0. The van der Waals surface area contributed by atoms with E-state index in [-0.39, 0.29) is 0 Å². The Labute approximate surface area is 85.8 Å². The van der Waals surface area contributed by atoms with Gasteiger partial charge in [0.25, 0.3) is 10.1 Å². The summed E-state index contributed by atoms with van der Waals surface area (Å²) in [6.45, 7) is 1.25. The molecule has 0 rings (SSSR count). The minimum absolute atomic E-state index is 1.08. The van der Waals surface area contributed by atoms with Crippen LogP contribution in [0.25, 0.3) is 0 Å². The summed E-state index contributed by atoms with van der Waals surface area (Å²) in [5.41, 5.74) is 5.04. The van der Waals surface area contributed by atoms with Crippen molar-refractivity contribution in [2.24, 2.45) is 5.73 Å². The first-order valence-corrected chi connectivity index (χ1v) is 5.29. The zero-order chi connectivity index (χ0) is 12.2. The molecule has 0 aliphatic rings. The van der Waals surface area contributed by atoms with Crippen molar-refractivity contribution in [3.05, 3.63) is 0 Å². The van der Waals surface area contributed by atoms with Crippen molar-refractivity contribution in [1.29, 1.82) is 0 Å². The smallest absolute Gasteiger partial charge is 0.329 e. The Bertz CT molecular complexity index is 346. The highest BCUT2D eigenvalue weighted by Gasteiger charge is 2.35. The number of ether oxygens (including phenoxy) is 1. The molecule has 0 radical (unpaired) electrons. The molecule has 0 bridgehead atoms. The van der Waals surface area contributed by atoms with Gasteiger partial charge >= 0.3 is 11.9 Å². The summed E-state index contributed by atoms with van der Waals surface area (Å²) in [5.74, 6) is -2.95. The van der Waals surface area contributed by atoms with Crippen LogP contribution in [0.2, 0.25) is 0 Å². The van der Waals surface area contributed by atoms with Gasteiger partial charge < -0.3 is 9.84 Å². The van der Waals surface area contributed by atoms with Crippen molar-refractivity contribution in [3.63, 3.8) is 0 Å². The normalized spacial score (nSPS) is 15.4. The second-order valence-electron chi connectivity index (χ2n) is 2.74. The molecule has 0 aliphatic heterocycles.